The van der Waals surface area contributed by atoms with Crippen LogP contribution in [0.1, 0.15) is 44.9 Å². The molecule has 4 rings (SSSR count). The number of fused-ring (bicyclic) bond motifs is 1. The molecule has 9 heteroatoms. The van der Waals surface area contributed by atoms with Crippen molar-refractivity contribution in [3.05, 3.63) is 47.7 Å². The Balaban J connectivity index is 1.50. The summed E-state index contributed by atoms with van der Waals surface area (Å²) in [7, 11) is 0. The van der Waals surface area contributed by atoms with Gasteiger partial charge in [-0.25, -0.2) is 9.78 Å². The van der Waals surface area contributed by atoms with E-state index in [-0.39, 0.29) is 12.1 Å². The van der Waals surface area contributed by atoms with Crippen molar-refractivity contribution < 1.29 is 9.53 Å². The molecule has 3 heterocycles. The summed E-state index contributed by atoms with van der Waals surface area (Å²) in [4.78, 5) is 23.7. The molecule has 1 saturated heterocycles. The van der Waals surface area contributed by atoms with Crippen LogP contribution in [0.4, 0.5) is 10.6 Å². The van der Waals surface area contributed by atoms with E-state index in [1.165, 1.54) is 5.56 Å². The molecule has 170 valence electrons. The van der Waals surface area contributed by atoms with Crippen LogP contribution in [0.2, 0.25) is 0 Å². The Morgan fingerprint density at radius 1 is 1.25 bits per heavy atom. The molecule has 1 atom stereocenters. The number of hydrogen-bond donors (Lipinski definition) is 1. The fourth-order valence-electron chi connectivity index (χ4n) is 3.74. The first-order valence-corrected chi connectivity index (χ1v) is 11.9. The van der Waals surface area contributed by atoms with Crippen molar-refractivity contribution in [3.8, 4) is 0 Å². The topological polar surface area (TPSA) is 84.7 Å². The molecule has 1 N–H and O–H groups in total. The van der Waals surface area contributed by atoms with E-state index < -0.39 is 5.60 Å². The van der Waals surface area contributed by atoms with Gasteiger partial charge in [-0.3, -0.25) is 0 Å². The average Bonchev–Trinajstić information content (AvgIpc) is 3.14. The van der Waals surface area contributed by atoms with Crippen LogP contribution < -0.4 is 10.2 Å². The molecule has 1 unspecified atom stereocenters. The zero-order valence-corrected chi connectivity index (χ0v) is 19.9. The smallest absolute Gasteiger partial charge is 0.407 e. The number of hydrogen-bond acceptors (Lipinski definition) is 7. The normalized spacial score (nSPS) is 16.9. The van der Waals surface area contributed by atoms with E-state index >= 15 is 0 Å². The van der Waals surface area contributed by atoms with E-state index in [0.717, 1.165) is 36.7 Å². The molecule has 3 aromatic rings. The molecule has 0 radical (unpaired) electrons. The number of alkyl carbamates (subject to hydrolysis) is 1. The number of amides is 1. The van der Waals surface area contributed by atoms with Crippen LogP contribution in [0.15, 0.2) is 41.6 Å². The van der Waals surface area contributed by atoms with Crippen molar-refractivity contribution in [1.29, 1.82) is 0 Å². The maximum Gasteiger partial charge on any atom is 0.407 e. The number of aryl methyl sites for hydroxylation is 1. The summed E-state index contributed by atoms with van der Waals surface area (Å²) in [6.07, 6.45) is 1.51. The zero-order chi connectivity index (χ0) is 22.7. The van der Waals surface area contributed by atoms with Crippen molar-refractivity contribution in [2.75, 3.05) is 18.0 Å². The van der Waals surface area contributed by atoms with Crippen LogP contribution in [0.25, 0.3) is 5.78 Å². The van der Waals surface area contributed by atoms with Gasteiger partial charge in [0.25, 0.3) is 5.78 Å². The van der Waals surface area contributed by atoms with E-state index in [1.807, 2.05) is 56.5 Å². The Hall–Kier alpha value is -2.81. The lowest BCUT2D eigenvalue weighted by Gasteiger charge is -2.34. The highest BCUT2D eigenvalue weighted by molar-refractivity contribution is 7.98. The Bertz CT molecular complexity index is 1080. The lowest BCUT2D eigenvalue weighted by molar-refractivity contribution is 0.0500. The van der Waals surface area contributed by atoms with Crippen molar-refractivity contribution in [1.82, 2.24) is 24.9 Å². The van der Waals surface area contributed by atoms with Crippen LogP contribution in [0.3, 0.4) is 0 Å². The second-order valence-electron chi connectivity index (χ2n) is 9.07. The summed E-state index contributed by atoms with van der Waals surface area (Å²) < 4.78 is 7.24. The molecule has 32 heavy (non-hydrogen) atoms. The van der Waals surface area contributed by atoms with Crippen molar-refractivity contribution in [2.24, 2.45) is 0 Å². The van der Waals surface area contributed by atoms with Crippen LogP contribution in [0, 0.1) is 6.92 Å². The number of carbonyl (C=O) groups excluding carboxylic acids is 1. The van der Waals surface area contributed by atoms with Gasteiger partial charge in [0.05, 0.1) is 0 Å². The fourth-order valence-corrected chi connectivity index (χ4v) is 4.51. The van der Waals surface area contributed by atoms with E-state index in [4.69, 9.17) is 9.84 Å². The number of aromatic nitrogens is 4. The third-order valence-electron chi connectivity index (χ3n) is 5.08. The summed E-state index contributed by atoms with van der Waals surface area (Å²) in [5.41, 5.74) is 1.61. The molecule has 1 amide bonds. The van der Waals surface area contributed by atoms with Gasteiger partial charge in [-0.2, -0.15) is 9.50 Å². The minimum absolute atomic E-state index is 0.0116. The van der Waals surface area contributed by atoms with Gasteiger partial charge in [-0.15, -0.1) is 5.10 Å². The Morgan fingerprint density at radius 3 is 2.78 bits per heavy atom. The second-order valence-corrected chi connectivity index (χ2v) is 10.0. The predicted octanol–water partition coefficient (Wildman–Crippen LogP) is 4.22. The molecule has 1 fully saturated rings. The molecule has 1 aliphatic rings. The monoisotopic (exact) mass is 454 g/mol. The molecular weight excluding hydrogens is 424 g/mol. The highest BCUT2D eigenvalue weighted by Gasteiger charge is 2.26. The molecular formula is C23H30N6O2S. The minimum atomic E-state index is -0.513. The third kappa shape index (κ3) is 5.70. The Morgan fingerprint density at radius 2 is 2.03 bits per heavy atom. The summed E-state index contributed by atoms with van der Waals surface area (Å²) in [5, 5.41) is 8.45. The first kappa shape index (κ1) is 22.4. The van der Waals surface area contributed by atoms with Gasteiger partial charge in [0.15, 0.2) is 0 Å². The number of piperidine rings is 1. The molecule has 0 spiro atoms. The van der Waals surface area contributed by atoms with Gasteiger partial charge in [-0.1, -0.05) is 42.1 Å². The maximum atomic E-state index is 12.2. The number of carbonyl (C=O) groups is 1. The SMILES string of the molecule is Cc1cc(N2CCCC(NC(=O)OC(C)(C)C)C2)n2nc(SCc3ccccc3)nc2n1. The number of thioether (sulfide) groups is 1. The van der Waals surface area contributed by atoms with Crippen LogP contribution in [-0.4, -0.2) is 50.4 Å². The van der Waals surface area contributed by atoms with E-state index in [0.29, 0.717) is 17.5 Å². The molecule has 1 aliphatic heterocycles. The third-order valence-corrected chi connectivity index (χ3v) is 5.99. The number of anilines is 1. The molecule has 0 aliphatic carbocycles. The first-order chi connectivity index (χ1) is 15.3. The van der Waals surface area contributed by atoms with Gasteiger partial charge >= 0.3 is 6.09 Å². The summed E-state index contributed by atoms with van der Waals surface area (Å²) in [6.45, 7) is 9.15. The fraction of sp³-hybridized carbons (Fsp3) is 0.478. The standard InChI is InChI=1S/C23H30N6O2S/c1-16-13-19(28-12-8-11-18(14-28)25-22(30)31-23(2,3)4)29-20(24-16)26-21(27-29)32-15-17-9-6-5-7-10-17/h5-7,9-10,13,18H,8,11-12,14-15H2,1-4H3,(H,25,30). The van der Waals surface area contributed by atoms with Gasteiger partial charge in [0.2, 0.25) is 5.16 Å². The summed E-state index contributed by atoms with van der Waals surface area (Å²) in [5.74, 6) is 2.34. The lowest BCUT2D eigenvalue weighted by Crippen LogP contribution is -2.49. The van der Waals surface area contributed by atoms with E-state index in [2.05, 4.69) is 32.3 Å². The second kappa shape index (κ2) is 9.36. The number of nitrogens with zero attached hydrogens (tertiary/aromatic N) is 5. The Labute approximate surface area is 192 Å². The van der Waals surface area contributed by atoms with Gasteiger partial charge in [0.1, 0.15) is 11.4 Å². The van der Waals surface area contributed by atoms with Crippen molar-refractivity contribution in [2.45, 2.75) is 63.1 Å². The quantitative estimate of drug-likeness (QED) is 0.578. The van der Waals surface area contributed by atoms with E-state index in [9.17, 15) is 4.79 Å². The number of rotatable bonds is 5. The van der Waals surface area contributed by atoms with Gasteiger partial charge in [-0.05, 0) is 46.1 Å². The minimum Gasteiger partial charge on any atom is -0.444 e. The molecule has 2 aromatic heterocycles. The van der Waals surface area contributed by atoms with Gasteiger partial charge < -0.3 is 15.0 Å². The number of benzene rings is 1. The van der Waals surface area contributed by atoms with Crippen LogP contribution in [0.5, 0.6) is 0 Å². The molecule has 0 bridgehead atoms. The lowest BCUT2D eigenvalue weighted by atomic mass is 10.1. The highest BCUT2D eigenvalue weighted by Crippen LogP contribution is 2.25. The van der Waals surface area contributed by atoms with Crippen molar-refractivity contribution in [3.63, 3.8) is 0 Å². The number of nitrogens with one attached hydrogen (secondary N) is 1. The summed E-state index contributed by atoms with van der Waals surface area (Å²) >= 11 is 1.60. The number of ether oxygens (including phenoxy) is 1. The zero-order valence-electron chi connectivity index (χ0n) is 19.0. The Kier molecular flexibility index (Phi) is 6.55. The van der Waals surface area contributed by atoms with E-state index in [1.54, 1.807) is 11.8 Å². The van der Waals surface area contributed by atoms with Gasteiger partial charge in [0, 0.05) is 36.6 Å². The summed E-state index contributed by atoms with van der Waals surface area (Å²) in [6, 6.07) is 12.3. The highest BCUT2D eigenvalue weighted by atomic mass is 32.2. The first-order valence-electron chi connectivity index (χ1n) is 10.9. The van der Waals surface area contributed by atoms with Crippen molar-refractivity contribution >= 4 is 29.5 Å². The van der Waals surface area contributed by atoms with Crippen LogP contribution >= 0.6 is 11.8 Å². The molecule has 0 saturated carbocycles. The molecule has 8 nitrogen and oxygen atoms in total. The predicted molar refractivity (Wildman–Crippen MR) is 126 cm³/mol. The molecule has 1 aromatic carbocycles. The maximum absolute atomic E-state index is 12.2. The average molecular weight is 455 g/mol. The van der Waals surface area contributed by atoms with Crippen LogP contribution in [-0.2, 0) is 10.5 Å². The largest absolute Gasteiger partial charge is 0.444 e.